The van der Waals surface area contributed by atoms with Gasteiger partial charge in [-0.15, -0.1) is 0 Å². The maximum absolute atomic E-state index is 12.9. The number of nitrogens with zero attached hydrogens (tertiary/aromatic N) is 3. The van der Waals surface area contributed by atoms with Crippen LogP contribution in [0.25, 0.3) is 0 Å². The molecule has 2 N–H and O–H groups in total. The van der Waals surface area contributed by atoms with Gasteiger partial charge in [-0.2, -0.15) is 5.10 Å². The highest BCUT2D eigenvalue weighted by Crippen LogP contribution is 2.23. The van der Waals surface area contributed by atoms with E-state index in [1.54, 1.807) is 11.7 Å². The summed E-state index contributed by atoms with van der Waals surface area (Å²) in [7, 11) is 1.79. The highest BCUT2D eigenvalue weighted by atomic mass is 16.2. The standard InChI is InChI=1S/C22H33N5O2/c1-14(2)27(21(29)24-20-15(3)10-9-11-16(20)4)13-19(28)23-18-12-17(22(5,6)7)25-26(18)8/h9-12,14H,13H2,1-8H3,(H,23,28)(H,24,29). The maximum Gasteiger partial charge on any atom is 0.322 e. The Bertz CT molecular complexity index is 873. The van der Waals surface area contributed by atoms with E-state index in [9.17, 15) is 9.59 Å². The largest absolute Gasteiger partial charge is 0.322 e. The molecule has 0 aliphatic carbocycles. The smallest absolute Gasteiger partial charge is 0.313 e. The van der Waals surface area contributed by atoms with Gasteiger partial charge in [-0.1, -0.05) is 39.0 Å². The number of rotatable bonds is 5. The average Bonchev–Trinajstić information content (AvgIpc) is 2.96. The zero-order valence-corrected chi connectivity index (χ0v) is 18.8. The van der Waals surface area contributed by atoms with E-state index in [1.807, 2.05) is 52.0 Å². The Balaban J connectivity index is 2.11. The van der Waals surface area contributed by atoms with Crippen LogP contribution in [0.5, 0.6) is 0 Å². The molecule has 3 amide bonds. The number of carbonyl (C=O) groups excluding carboxylic acids is 2. The number of nitrogens with one attached hydrogen (secondary N) is 2. The molecule has 1 heterocycles. The number of para-hydroxylation sites is 1. The van der Waals surface area contributed by atoms with E-state index in [0.29, 0.717) is 5.82 Å². The predicted octanol–water partition coefficient (Wildman–Crippen LogP) is 4.22. The first-order valence-electron chi connectivity index (χ1n) is 9.88. The lowest BCUT2D eigenvalue weighted by Crippen LogP contribution is -2.44. The summed E-state index contributed by atoms with van der Waals surface area (Å²) in [4.78, 5) is 27.0. The topological polar surface area (TPSA) is 79.3 Å². The number of hydrogen-bond acceptors (Lipinski definition) is 3. The predicted molar refractivity (Wildman–Crippen MR) is 117 cm³/mol. The molecule has 0 aliphatic rings. The van der Waals surface area contributed by atoms with Crippen molar-refractivity contribution in [3.05, 3.63) is 41.1 Å². The van der Waals surface area contributed by atoms with E-state index in [-0.39, 0.29) is 29.9 Å². The lowest BCUT2D eigenvalue weighted by Gasteiger charge is -2.27. The minimum absolute atomic E-state index is 0.0511. The summed E-state index contributed by atoms with van der Waals surface area (Å²) < 4.78 is 1.65. The van der Waals surface area contributed by atoms with Gasteiger partial charge >= 0.3 is 6.03 Å². The Morgan fingerprint density at radius 3 is 2.21 bits per heavy atom. The van der Waals surface area contributed by atoms with Gasteiger partial charge in [-0.3, -0.25) is 9.48 Å². The van der Waals surface area contributed by atoms with Crippen molar-refractivity contribution < 1.29 is 9.59 Å². The molecule has 0 atom stereocenters. The van der Waals surface area contributed by atoms with Gasteiger partial charge in [0.1, 0.15) is 12.4 Å². The monoisotopic (exact) mass is 399 g/mol. The van der Waals surface area contributed by atoms with Crippen LogP contribution < -0.4 is 10.6 Å². The SMILES string of the molecule is Cc1cccc(C)c1NC(=O)N(CC(=O)Nc1cc(C(C)(C)C)nn1C)C(C)C. The summed E-state index contributed by atoms with van der Waals surface area (Å²) in [6.07, 6.45) is 0. The molecule has 2 aromatic rings. The Labute approximate surface area is 173 Å². The first-order chi connectivity index (χ1) is 13.4. The second-order valence-electron chi connectivity index (χ2n) is 8.76. The van der Waals surface area contributed by atoms with E-state index in [4.69, 9.17) is 0 Å². The maximum atomic E-state index is 12.9. The van der Waals surface area contributed by atoms with Gasteiger partial charge in [0.15, 0.2) is 0 Å². The molecule has 0 aliphatic heterocycles. The van der Waals surface area contributed by atoms with Crippen molar-refractivity contribution in [1.82, 2.24) is 14.7 Å². The van der Waals surface area contributed by atoms with Gasteiger partial charge in [0.2, 0.25) is 5.91 Å². The highest BCUT2D eigenvalue weighted by molar-refractivity contribution is 5.97. The van der Waals surface area contributed by atoms with Crippen molar-refractivity contribution in [1.29, 1.82) is 0 Å². The molecule has 0 radical (unpaired) electrons. The van der Waals surface area contributed by atoms with E-state index in [0.717, 1.165) is 22.5 Å². The van der Waals surface area contributed by atoms with Gasteiger partial charge in [-0.25, -0.2) is 4.79 Å². The minimum atomic E-state index is -0.298. The molecule has 0 saturated heterocycles. The van der Waals surface area contributed by atoms with E-state index >= 15 is 0 Å². The second kappa shape index (κ2) is 8.68. The molecule has 29 heavy (non-hydrogen) atoms. The van der Waals surface area contributed by atoms with Crippen LogP contribution in [-0.2, 0) is 17.3 Å². The number of carbonyl (C=O) groups is 2. The first kappa shape index (κ1) is 22.5. The van der Waals surface area contributed by atoms with Crippen LogP contribution in [0.1, 0.15) is 51.4 Å². The Morgan fingerprint density at radius 1 is 1.14 bits per heavy atom. The van der Waals surface area contributed by atoms with Crippen LogP contribution in [0.15, 0.2) is 24.3 Å². The molecule has 158 valence electrons. The summed E-state index contributed by atoms with van der Waals surface area (Å²) in [6.45, 7) is 13.8. The van der Waals surface area contributed by atoms with Crippen molar-refractivity contribution in [2.75, 3.05) is 17.2 Å². The van der Waals surface area contributed by atoms with E-state index in [1.165, 1.54) is 4.90 Å². The zero-order valence-electron chi connectivity index (χ0n) is 18.8. The summed E-state index contributed by atoms with van der Waals surface area (Å²) in [5.74, 6) is 0.345. The van der Waals surface area contributed by atoms with E-state index in [2.05, 4.69) is 36.5 Å². The van der Waals surface area contributed by atoms with Gasteiger partial charge in [-0.05, 0) is 38.8 Å². The molecule has 0 spiro atoms. The average molecular weight is 400 g/mol. The summed E-state index contributed by atoms with van der Waals surface area (Å²) in [5.41, 5.74) is 3.52. The number of aromatic nitrogens is 2. The van der Waals surface area contributed by atoms with Crippen molar-refractivity contribution in [3.8, 4) is 0 Å². The van der Waals surface area contributed by atoms with Crippen LogP contribution in [-0.4, -0.2) is 39.2 Å². The minimum Gasteiger partial charge on any atom is -0.313 e. The van der Waals surface area contributed by atoms with Crippen molar-refractivity contribution >= 4 is 23.4 Å². The summed E-state index contributed by atoms with van der Waals surface area (Å²) >= 11 is 0. The fourth-order valence-corrected chi connectivity index (χ4v) is 2.97. The summed E-state index contributed by atoms with van der Waals surface area (Å²) in [6, 6.07) is 7.28. The van der Waals surface area contributed by atoms with Gasteiger partial charge in [0.25, 0.3) is 0 Å². The third-order valence-corrected chi connectivity index (χ3v) is 4.83. The van der Waals surface area contributed by atoms with Crippen LogP contribution >= 0.6 is 0 Å². The third kappa shape index (κ3) is 5.59. The molecule has 1 aromatic carbocycles. The first-order valence-corrected chi connectivity index (χ1v) is 9.88. The van der Waals surface area contributed by atoms with Crippen LogP contribution in [0.2, 0.25) is 0 Å². The van der Waals surface area contributed by atoms with Crippen molar-refractivity contribution in [2.24, 2.45) is 7.05 Å². The number of aryl methyl sites for hydroxylation is 3. The number of amides is 3. The van der Waals surface area contributed by atoms with Gasteiger partial charge in [0, 0.05) is 30.3 Å². The summed E-state index contributed by atoms with van der Waals surface area (Å²) in [5, 5.41) is 10.3. The van der Waals surface area contributed by atoms with E-state index < -0.39 is 0 Å². The Hall–Kier alpha value is -2.83. The lowest BCUT2D eigenvalue weighted by molar-refractivity contribution is -0.117. The van der Waals surface area contributed by atoms with Crippen molar-refractivity contribution in [2.45, 2.75) is 59.9 Å². The third-order valence-electron chi connectivity index (χ3n) is 4.83. The molecule has 0 unspecified atom stereocenters. The zero-order chi connectivity index (χ0) is 21.9. The molecule has 0 bridgehead atoms. The number of benzene rings is 1. The normalized spacial score (nSPS) is 11.5. The lowest BCUT2D eigenvalue weighted by atomic mass is 9.92. The Kier molecular flexibility index (Phi) is 6.72. The Morgan fingerprint density at radius 2 is 1.72 bits per heavy atom. The molecule has 1 aromatic heterocycles. The number of anilines is 2. The fourth-order valence-electron chi connectivity index (χ4n) is 2.97. The van der Waals surface area contributed by atoms with Crippen LogP contribution in [0, 0.1) is 13.8 Å². The molecule has 0 saturated carbocycles. The number of hydrogen-bond donors (Lipinski definition) is 2. The molecule has 0 fully saturated rings. The van der Waals surface area contributed by atoms with Crippen LogP contribution in [0.3, 0.4) is 0 Å². The molecular weight excluding hydrogens is 366 g/mol. The van der Waals surface area contributed by atoms with Gasteiger partial charge in [0.05, 0.1) is 5.69 Å². The molecular formula is C22H33N5O2. The molecule has 7 heteroatoms. The van der Waals surface area contributed by atoms with Gasteiger partial charge < -0.3 is 15.5 Å². The highest BCUT2D eigenvalue weighted by Gasteiger charge is 2.23. The second-order valence-corrected chi connectivity index (χ2v) is 8.76. The molecule has 7 nitrogen and oxygen atoms in total. The fraction of sp³-hybridized carbons (Fsp3) is 0.500. The molecule has 2 rings (SSSR count). The van der Waals surface area contributed by atoms with Crippen molar-refractivity contribution in [3.63, 3.8) is 0 Å². The van der Waals surface area contributed by atoms with Crippen LogP contribution in [0.4, 0.5) is 16.3 Å². The quantitative estimate of drug-likeness (QED) is 0.790. The number of urea groups is 1.